The van der Waals surface area contributed by atoms with Crippen LogP contribution in [0.5, 0.6) is 0 Å². The van der Waals surface area contributed by atoms with Gasteiger partial charge in [0.2, 0.25) is 5.91 Å². The first kappa shape index (κ1) is 18.4. The molecule has 2 heterocycles. The van der Waals surface area contributed by atoms with E-state index in [1.807, 2.05) is 22.9 Å². The number of aromatic nitrogens is 2. The number of aryl methyl sites for hydroxylation is 1. The monoisotopic (exact) mass is 367 g/mol. The molecule has 0 bridgehead atoms. The Labute approximate surface area is 158 Å². The molecule has 1 amide bonds. The minimum atomic E-state index is 0.0402. The number of carbonyl (C=O) groups excluding carboxylic acids is 1. The summed E-state index contributed by atoms with van der Waals surface area (Å²) < 4.78 is 1.96. The van der Waals surface area contributed by atoms with E-state index >= 15 is 0 Å². The van der Waals surface area contributed by atoms with Crippen LogP contribution in [-0.4, -0.2) is 22.0 Å². The van der Waals surface area contributed by atoms with Gasteiger partial charge in [0.15, 0.2) is 0 Å². The number of rotatable bonds is 7. The number of hydrogen-bond acceptors (Lipinski definition) is 3. The number of nitrogens with one attached hydrogen (secondary N) is 1. The van der Waals surface area contributed by atoms with Gasteiger partial charge in [0.25, 0.3) is 0 Å². The molecule has 26 heavy (non-hydrogen) atoms. The number of hydrogen-bond donors (Lipinski definition) is 1. The molecule has 2 aromatic heterocycles. The van der Waals surface area contributed by atoms with Crippen molar-refractivity contribution in [2.75, 3.05) is 6.54 Å². The van der Waals surface area contributed by atoms with Gasteiger partial charge >= 0.3 is 0 Å². The SMILES string of the molecule is Cc1ccc(-c2csc(-c3cccn3CC(=O)NCCC(C)C)n2)cc1. The number of carbonyl (C=O) groups is 1. The van der Waals surface area contributed by atoms with Crippen molar-refractivity contribution in [2.45, 2.75) is 33.7 Å². The molecule has 0 aliphatic rings. The number of thiazole rings is 1. The van der Waals surface area contributed by atoms with Crippen molar-refractivity contribution in [1.29, 1.82) is 0 Å². The second kappa shape index (κ2) is 8.32. The van der Waals surface area contributed by atoms with Gasteiger partial charge in [-0.25, -0.2) is 4.98 Å². The first-order chi connectivity index (χ1) is 12.5. The van der Waals surface area contributed by atoms with Crippen molar-refractivity contribution in [3.05, 3.63) is 53.5 Å². The highest BCUT2D eigenvalue weighted by atomic mass is 32.1. The zero-order valence-electron chi connectivity index (χ0n) is 15.5. The lowest BCUT2D eigenvalue weighted by Gasteiger charge is -2.09. The zero-order chi connectivity index (χ0) is 18.5. The molecule has 0 atom stereocenters. The average Bonchev–Trinajstić information content (AvgIpc) is 3.24. The smallest absolute Gasteiger partial charge is 0.239 e. The van der Waals surface area contributed by atoms with E-state index in [0.29, 0.717) is 12.5 Å². The number of benzene rings is 1. The molecular formula is C21H25N3OS. The van der Waals surface area contributed by atoms with E-state index in [1.54, 1.807) is 11.3 Å². The van der Waals surface area contributed by atoms with Gasteiger partial charge in [-0.3, -0.25) is 4.79 Å². The van der Waals surface area contributed by atoms with E-state index in [-0.39, 0.29) is 5.91 Å². The average molecular weight is 368 g/mol. The summed E-state index contributed by atoms with van der Waals surface area (Å²) in [6.07, 6.45) is 2.93. The quantitative estimate of drug-likeness (QED) is 0.655. The Morgan fingerprint density at radius 1 is 1.23 bits per heavy atom. The van der Waals surface area contributed by atoms with Gasteiger partial charge in [-0.15, -0.1) is 11.3 Å². The van der Waals surface area contributed by atoms with E-state index in [0.717, 1.165) is 34.9 Å². The molecule has 0 radical (unpaired) electrons. The lowest BCUT2D eigenvalue weighted by atomic mass is 10.1. The molecular weight excluding hydrogens is 342 g/mol. The van der Waals surface area contributed by atoms with Crippen LogP contribution in [0.1, 0.15) is 25.8 Å². The van der Waals surface area contributed by atoms with Crippen LogP contribution < -0.4 is 5.32 Å². The van der Waals surface area contributed by atoms with Crippen molar-refractivity contribution in [2.24, 2.45) is 5.92 Å². The van der Waals surface area contributed by atoms with Crippen LogP contribution in [0, 0.1) is 12.8 Å². The molecule has 0 saturated heterocycles. The first-order valence-corrected chi connectivity index (χ1v) is 9.85. The summed E-state index contributed by atoms with van der Waals surface area (Å²) in [5.41, 5.74) is 4.30. The van der Waals surface area contributed by atoms with Crippen LogP contribution >= 0.6 is 11.3 Å². The Hall–Kier alpha value is -2.40. The number of nitrogens with zero attached hydrogens (tertiary/aromatic N) is 2. The van der Waals surface area contributed by atoms with E-state index < -0.39 is 0 Å². The molecule has 0 aliphatic carbocycles. The Bertz CT molecular complexity index is 862. The van der Waals surface area contributed by atoms with Crippen LogP contribution in [0.3, 0.4) is 0 Å². The normalized spacial score (nSPS) is 11.1. The third kappa shape index (κ3) is 4.61. The van der Waals surface area contributed by atoms with Gasteiger partial charge in [0.1, 0.15) is 11.6 Å². The summed E-state index contributed by atoms with van der Waals surface area (Å²) in [4.78, 5) is 17.0. The van der Waals surface area contributed by atoms with Crippen molar-refractivity contribution < 1.29 is 4.79 Å². The Morgan fingerprint density at radius 3 is 2.73 bits per heavy atom. The summed E-state index contributed by atoms with van der Waals surface area (Å²) in [6.45, 7) is 7.44. The second-order valence-electron chi connectivity index (χ2n) is 6.96. The molecule has 0 fully saturated rings. The highest BCUT2D eigenvalue weighted by molar-refractivity contribution is 7.13. The molecule has 3 aromatic rings. The van der Waals surface area contributed by atoms with Crippen LogP contribution in [0.2, 0.25) is 0 Å². The molecule has 0 aliphatic heterocycles. The topological polar surface area (TPSA) is 46.9 Å². The second-order valence-corrected chi connectivity index (χ2v) is 7.82. The van der Waals surface area contributed by atoms with Gasteiger partial charge in [0, 0.05) is 23.7 Å². The van der Waals surface area contributed by atoms with Crippen LogP contribution in [0.25, 0.3) is 22.0 Å². The fraction of sp³-hybridized carbons (Fsp3) is 0.333. The molecule has 5 heteroatoms. The van der Waals surface area contributed by atoms with E-state index in [1.165, 1.54) is 5.56 Å². The van der Waals surface area contributed by atoms with Crippen LogP contribution in [0.15, 0.2) is 48.0 Å². The minimum absolute atomic E-state index is 0.0402. The standard InChI is InChI=1S/C21H25N3OS/c1-15(2)10-11-22-20(25)13-24-12-4-5-19(24)21-23-18(14-26-21)17-8-6-16(3)7-9-17/h4-9,12,14-15H,10-11,13H2,1-3H3,(H,22,25). The summed E-state index contributed by atoms with van der Waals surface area (Å²) in [6, 6.07) is 12.4. The maximum atomic E-state index is 12.2. The first-order valence-electron chi connectivity index (χ1n) is 8.97. The summed E-state index contributed by atoms with van der Waals surface area (Å²) in [5, 5.41) is 5.99. The lowest BCUT2D eigenvalue weighted by Crippen LogP contribution is -2.29. The summed E-state index contributed by atoms with van der Waals surface area (Å²) in [5.74, 6) is 0.631. The van der Waals surface area contributed by atoms with Crippen LogP contribution in [-0.2, 0) is 11.3 Å². The Balaban J connectivity index is 1.70. The van der Waals surface area contributed by atoms with Crippen molar-refractivity contribution in [3.8, 4) is 22.0 Å². The predicted molar refractivity (Wildman–Crippen MR) is 108 cm³/mol. The summed E-state index contributed by atoms with van der Waals surface area (Å²) in [7, 11) is 0. The van der Waals surface area contributed by atoms with Gasteiger partial charge < -0.3 is 9.88 Å². The number of amides is 1. The highest BCUT2D eigenvalue weighted by Gasteiger charge is 2.12. The maximum absolute atomic E-state index is 12.2. The van der Waals surface area contributed by atoms with E-state index in [2.05, 4.69) is 55.7 Å². The molecule has 4 nitrogen and oxygen atoms in total. The lowest BCUT2D eigenvalue weighted by molar-refractivity contribution is -0.121. The molecule has 136 valence electrons. The van der Waals surface area contributed by atoms with Crippen molar-refractivity contribution >= 4 is 17.2 Å². The minimum Gasteiger partial charge on any atom is -0.355 e. The molecule has 0 unspecified atom stereocenters. The predicted octanol–water partition coefficient (Wildman–Crippen LogP) is 4.75. The fourth-order valence-corrected chi connectivity index (χ4v) is 3.57. The Morgan fingerprint density at radius 2 is 2.00 bits per heavy atom. The van der Waals surface area contributed by atoms with Crippen molar-refractivity contribution in [1.82, 2.24) is 14.9 Å². The van der Waals surface area contributed by atoms with Gasteiger partial charge in [0.05, 0.1) is 11.4 Å². The molecule has 1 N–H and O–H groups in total. The van der Waals surface area contributed by atoms with Gasteiger partial charge in [-0.2, -0.15) is 0 Å². The van der Waals surface area contributed by atoms with E-state index in [9.17, 15) is 4.79 Å². The molecule has 1 aromatic carbocycles. The van der Waals surface area contributed by atoms with E-state index in [4.69, 9.17) is 4.98 Å². The Kier molecular flexibility index (Phi) is 5.89. The largest absolute Gasteiger partial charge is 0.355 e. The third-order valence-corrected chi connectivity index (χ3v) is 5.12. The third-order valence-electron chi connectivity index (χ3n) is 4.26. The van der Waals surface area contributed by atoms with Gasteiger partial charge in [-0.1, -0.05) is 43.7 Å². The molecule has 0 spiro atoms. The zero-order valence-corrected chi connectivity index (χ0v) is 16.3. The van der Waals surface area contributed by atoms with Crippen molar-refractivity contribution in [3.63, 3.8) is 0 Å². The molecule has 3 rings (SSSR count). The maximum Gasteiger partial charge on any atom is 0.239 e. The summed E-state index contributed by atoms with van der Waals surface area (Å²) >= 11 is 1.61. The fourth-order valence-electron chi connectivity index (χ4n) is 2.71. The van der Waals surface area contributed by atoms with Gasteiger partial charge in [-0.05, 0) is 31.4 Å². The van der Waals surface area contributed by atoms with Crippen LogP contribution in [0.4, 0.5) is 0 Å². The highest BCUT2D eigenvalue weighted by Crippen LogP contribution is 2.29. The molecule has 0 saturated carbocycles.